The van der Waals surface area contributed by atoms with Crippen molar-refractivity contribution in [3.8, 4) is 5.69 Å². The first-order valence-corrected chi connectivity index (χ1v) is 10.9. The van der Waals surface area contributed by atoms with Crippen molar-refractivity contribution in [3.63, 3.8) is 0 Å². The maximum atomic E-state index is 13.3. The zero-order valence-corrected chi connectivity index (χ0v) is 18.9. The van der Waals surface area contributed by atoms with E-state index < -0.39 is 39.9 Å². The van der Waals surface area contributed by atoms with Crippen molar-refractivity contribution in [1.29, 1.82) is 0 Å². The predicted molar refractivity (Wildman–Crippen MR) is 119 cm³/mol. The molecule has 1 unspecified atom stereocenters. The molecule has 1 aromatic heterocycles. The predicted octanol–water partition coefficient (Wildman–Crippen LogP) is 4.56. The van der Waals surface area contributed by atoms with Crippen LogP contribution in [0.25, 0.3) is 5.69 Å². The molecule has 6 nitrogen and oxygen atoms in total. The van der Waals surface area contributed by atoms with E-state index in [9.17, 15) is 27.2 Å². The number of rotatable bonds is 4. The van der Waals surface area contributed by atoms with Crippen molar-refractivity contribution in [3.05, 3.63) is 86.5 Å². The van der Waals surface area contributed by atoms with E-state index in [1.807, 2.05) is 0 Å². The van der Waals surface area contributed by atoms with Crippen LogP contribution in [0.1, 0.15) is 31.1 Å². The van der Waals surface area contributed by atoms with E-state index in [0.717, 1.165) is 16.9 Å². The lowest BCUT2D eigenvalue weighted by Gasteiger charge is -2.30. The van der Waals surface area contributed by atoms with Crippen LogP contribution in [-0.2, 0) is 12.7 Å². The van der Waals surface area contributed by atoms with Gasteiger partial charge in [-0.25, -0.2) is 14.0 Å². The van der Waals surface area contributed by atoms with Crippen molar-refractivity contribution in [1.82, 2.24) is 14.2 Å². The van der Waals surface area contributed by atoms with E-state index >= 15 is 0 Å². The Labute approximate surface area is 194 Å². The SMILES string of the molecule is CC1(C)SC(=S)N(Cc2ccc(F)cc2)C1n1oc(=O)n(-c2cccc(C(F)(F)F)c2)c1=O. The summed E-state index contributed by atoms with van der Waals surface area (Å²) in [5.41, 5.74) is -1.50. The van der Waals surface area contributed by atoms with E-state index in [1.165, 1.54) is 30.0 Å². The minimum absolute atomic E-state index is 0.200. The molecule has 1 fully saturated rings. The molecule has 12 heteroatoms. The molecular weight excluding hydrogens is 482 g/mol. The lowest BCUT2D eigenvalue weighted by Crippen LogP contribution is -2.42. The van der Waals surface area contributed by atoms with Crippen LogP contribution in [0.15, 0.2) is 62.6 Å². The van der Waals surface area contributed by atoms with Crippen LogP contribution >= 0.6 is 24.0 Å². The molecule has 0 saturated carbocycles. The fourth-order valence-corrected chi connectivity index (χ4v) is 5.56. The molecule has 0 aliphatic carbocycles. The van der Waals surface area contributed by atoms with Gasteiger partial charge in [0.2, 0.25) is 0 Å². The number of nitrogens with zero attached hydrogens (tertiary/aromatic N) is 3. The van der Waals surface area contributed by atoms with Gasteiger partial charge in [-0.15, -0.1) is 4.74 Å². The largest absolute Gasteiger partial charge is 0.447 e. The Morgan fingerprint density at radius 3 is 2.42 bits per heavy atom. The molecule has 1 saturated heterocycles. The van der Waals surface area contributed by atoms with Crippen LogP contribution in [0.5, 0.6) is 0 Å². The Bertz CT molecular complexity index is 1330. The first-order valence-electron chi connectivity index (χ1n) is 9.65. The topological polar surface area (TPSA) is 60.4 Å². The summed E-state index contributed by atoms with van der Waals surface area (Å²) < 4.78 is 59.0. The van der Waals surface area contributed by atoms with Gasteiger partial charge in [-0.2, -0.15) is 17.7 Å². The van der Waals surface area contributed by atoms with Crippen LogP contribution in [-0.4, -0.2) is 23.3 Å². The zero-order chi connectivity index (χ0) is 24.1. The monoisotopic (exact) mass is 499 g/mol. The molecule has 2 aromatic carbocycles. The van der Waals surface area contributed by atoms with Crippen molar-refractivity contribution >= 4 is 28.3 Å². The summed E-state index contributed by atoms with van der Waals surface area (Å²) in [5.74, 6) is -1.53. The normalized spacial score (nSPS) is 18.2. The summed E-state index contributed by atoms with van der Waals surface area (Å²) >= 11 is 6.76. The van der Waals surface area contributed by atoms with Crippen LogP contribution < -0.4 is 11.4 Å². The number of alkyl halides is 3. The van der Waals surface area contributed by atoms with Gasteiger partial charge in [-0.05, 0) is 49.7 Å². The van der Waals surface area contributed by atoms with Crippen molar-refractivity contribution in [2.45, 2.75) is 37.5 Å². The third kappa shape index (κ3) is 4.36. The summed E-state index contributed by atoms with van der Waals surface area (Å²) in [6, 6.07) is 9.58. The average Bonchev–Trinajstić information content (AvgIpc) is 3.13. The molecule has 33 heavy (non-hydrogen) atoms. The highest BCUT2D eigenvalue weighted by Gasteiger charge is 2.48. The molecule has 0 radical (unpaired) electrons. The maximum absolute atomic E-state index is 13.3. The number of hydrogen-bond donors (Lipinski definition) is 0. The third-order valence-corrected chi connectivity index (χ3v) is 6.79. The molecule has 0 amide bonds. The van der Waals surface area contributed by atoms with Gasteiger partial charge in [0.05, 0.1) is 16.0 Å². The minimum Gasteiger partial charge on any atom is -0.328 e. The summed E-state index contributed by atoms with van der Waals surface area (Å²) in [5, 5.41) is 0. The highest BCUT2D eigenvalue weighted by Crippen LogP contribution is 2.47. The lowest BCUT2D eigenvalue weighted by atomic mass is 10.1. The molecule has 174 valence electrons. The second kappa shape index (κ2) is 8.17. The Morgan fingerprint density at radius 1 is 1.12 bits per heavy atom. The minimum atomic E-state index is -4.65. The second-order valence-electron chi connectivity index (χ2n) is 7.95. The highest BCUT2D eigenvalue weighted by atomic mass is 32.2. The number of hydrogen-bond acceptors (Lipinski definition) is 5. The molecule has 1 atom stereocenters. The van der Waals surface area contributed by atoms with Gasteiger partial charge in [-0.1, -0.05) is 42.2 Å². The van der Waals surface area contributed by atoms with Gasteiger partial charge in [0.25, 0.3) is 0 Å². The second-order valence-corrected chi connectivity index (χ2v) is 10.2. The summed E-state index contributed by atoms with van der Waals surface area (Å²) in [6.07, 6.45) is -5.50. The van der Waals surface area contributed by atoms with E-state index in [0.29, 0.717) is 20.5 Å². The Hall–Kier alpha value is -2.86. The van der Waals surface area contributed by atoms with Crippen LogP contribution in [0.4, 0.5) is 17.6 Å². The quantitative estimate of drug-likeness (QED) is 0.388. The highest BCUT2D eigenvalue weighted by molar-refractivity contribution is 8.24. The molecule has 3 aromatic rings. The first-order chi connectivity index (χ1) is 15.4. The van der Waals surface area contributed by atoms with Crippen LogP contribution in [0, 0.1) is 5.82 Å². The van der Waals surface area contributed by atoms with E-state index in [-0.39, 0.29) is 12.2 Å². The summed E-state index contributed by atoms with van der Waals surface area (Å²) in [4.78, 5) is 27.4. The number of thioether (sulfide) groups is 1. The average molecular weight is 500 g/mol. The first kappa shape index (κ1) is 23.3. The number of thiocarbonyl (C=S) groups is 1. The van der Waals surface area contributed by atoms with E-state index in [2.05, 4.69) is 0 Å². The molecule has 1 aliphatic rings. The zero-order valence-electron chi connectivity index (χ0n) is 17.3. The Kier molecular flexibility index (Phi) is 5.77. The molecule has 2 heterocycles. The smallest absolute Gasteiger partial charge is 0.328 e. The number of halogens is 4. The van der Waals surface area contributed by atoms with Gasteiger partial charge < -0.3 is 9.42 Å². The standard InChI is InChI=1S/C21H17F4N3O3S2/c1-20(2)16(26(19(32)33-20)11-12-6-8-14(22)9-7-12)28-17(29)27(18(30)31-28)15-5-3-4-13(10-15)21(23,24)25/h3-10,16H,11H2,1-2H3. The van der Waals surface area contributed by atoms with E-state index in [4.69, 9.17) is 16.7 Å². The van der Waals surface area contributed by atoms with Crippen molar-refractivity contribution < 1.29 is 22.1 Å². The molecule has 0 N–H and O–H groups in total. The third-order valence-electron chi connectivity index (χ3n) is 5.16. The van der Waals surface area contributed by atoms with Gasteiger partial charge >= 0.3 is 17.6 Å². The molecule has 0 spiro atoms. The van der Waals surface area contributed by atoms with Gasteiger partial charge in [0.1, 0.15) is 10.1 Å². The van der Waals surface area contributed by atoms with E-state index in [1.54, 1.807) is 30.9 Å². The number of aromatic nitrogens is 2. The van der Waals surface area contributed by atoms with Gasteiger partial charge in [0, 0.05) is 6.54 Å². The van der Waals surface area contributed by atoms with Crippen molar-refractivity contribution in [2.24, 2.45) is 0 Å². The van der Waals surface area contributed by atoms with Crippen LogP contribution in [0.2, 0.25) is 0 Å². The molecular formula is C21H17F4N3O3S2. The summed E-state index contributed by atoms with van der Waals surface area (Å²) in [6.45, 7) is 3.80. The molecule has 0 bridgehead atoms. The fraction of sp³-hybridized carbons (Fsp3) is 0.286. The summed E-state index contributed by atoms with van der Waals surface area (Å²) in [7, 11) is 0. The lowest BCUT2D eigenvalue weighted by molar-refractivity contribution is -0.137. The van der Waals surface area contributed by atoms with Gasteiger partial charge in [0.15, 0.2) is 6.17 Å². The number of benzene rings is 2. The fourth-order valence-electron chi connectivity index (χ4n) is 3.69. The molecule has 4 rings (SSSR count). The maximum Gasteiger partial charge on any atom is 0.447 e. The Balaban J connectivity index is 1.79. The van der Waals surface area contributed by atoms with Crippen LogP contribution in [0.3, 0.4) is 0 Å². The van der Waals surface area contributed by atoms with Crippen molar-refractivity contribution in [2.75, 3.05) is 0 Å². The molecule has 1 aliphatic heterocycles. The van der Waals surface area contributed by atoms with Gasteiger partial charge in [-0.3, -0.25) is 0 Å². The Morgan fingerprint density at radius 2 is 1.79 bits per heavy atom.